The van der Waals surface area contributed by atoms with Crippen molar-refractivity contribution in [2.45, 2.75) is 94.8 Å². The lowest BCUT2D eigenvalue weighted by Gasteiger charge is -2.48. The maximum atomic E-state index is 11.4. The van der Waals surface area contributed by atoms with Crippen LogP contribution in [0.25, 0.3) is 0 Å². The molecule has 10 heteroatoms. The summed E-state index contributed by atoms with van der Waals surface area (Å²) in [5.41, 5.74) is 3.90. The lowest BCUT2D eigenvalue weighted by Crippen LogP contribution is -2.65. The molecule has 53 heavy (non-hydrogen) atoms. The van der Waals surface area contributed by atoms with Crippen molar-refractivity contribution in [2.75, 3.05) is 13.2 Å². The van der Waals surface area contributed by atoms with E-state index in [1.165, 1.54) is 0 Å². The minimum Gasteiger partial charge on any atom is -0.387 e. The van der Waals surface area contributed by atoms with E-state index in [2.05, 4.69) is 6.58 Å². The van der Waals surface area contributed by atoms with Gasteiger partial charge in [-0.25, -0.2) is 0 Å². The molecular weight excluding hydrogens is 676 g/mol. The van der Waals surface area contributed by atoms with Crippen molar-refractivity contribution in [1.29, 1.82) is 0 Å². The fourth-order valence-electron chi connectivity index (χ4n) is 6.51. The topological polar surface area (TPSA) is 114 Å². The van der Waals surface area contributed by atoms with E-state index in [9.17, 15) is 10.2 Å². The summed E-state index contributed by atoms with van der Waals surface area (Å²) in [4.78, 5) is 0. The lowest BCUT2D eigenvalue weighted by molar-refractivity contribution is -0.367. The number of hydrogen-bond acceptors (Lipinski definition) is 10. The summed E-state index contributed by atoms with van der Waals surface area (Å²) in [6, 6.07) is 39.5. The predicted octanol–water partition coefficient (Wildman–Crippen LogP) is 5.74. The fourth-order valence-corrected chi connectivity index (χ4v) is 6.51. The third-order valence-corrected chi connectivity index (χ3v) is 9.29. The van der Waals surface area contributed by atoms with E-state index in [0.717, 1.165) is 22.3 Å². The van der Waals surface area contributed by atoms with Crippen molar-refractivity contribution in [2.24, 2.45) is 0 Å². The minimum atomic E-state index is -1.39. The third-order valence-electron chi connectivity index (χ3n) is 9.29. The van der Waals surface area contributed by atoms with Crippen LogP contribution in [-0.4, -0.2) is 84.8 Å². The van der Waals surface area contributed by atoms with Gasteiger partial charge < -0.3 is 48.1 Å². The molecule has 0 aromatic heterocycles. The molecule has 0 amide bonds. The number of aliphatic hydroxyl groups is 2. The quantitative estimate of drug-likeness (QED) is 0.123. The molecular formula is C43H50O10. The summed E-state index contributed by atoms with van der Waals surface area (Å²) >= 11 is 0. The largest absolute Gasteiger partial charge is 0.387 e. The van der Waals surface area contributed by atoms with Crippen LogP contribution in [0, 0.1) is 0 Å². The Kier molecular flexibility index (Phi) is 14.7. The highest BCUT2D eigenvalue weighted by Gasteiger charge is 2.52. The van der Waals surface area contributed by atoms with Gasteiger partial charge in [0, 0.05) is 0 Å². The molecule has 10 atom stereocenters. The third kappa shape index (κ3) is 10.9. The van der Waals surface area contributed by atoms with Gasteiger partial charge in [-0.15, -0.1) is 6.58 Å². The summed E-state index contributed by atoms with van der Waals surface area (Å²) in [6.45, 7) is 6.82. The fraction of sp³-hybridized carbons (Fsp3) is 0.395. The van der Waals surface area contributed by atoms with Gasteiger partial charge in [-0.1, -0.05) is 127 Å². The van der Waals surface area contributed by atoms with E-state index < -0.39 is 61.4 Å². The molecule has 10 nitrogen and oxygen atoms in total. The van der Waals surface area contributed by atoms with Crippen LogP contribution in [0.15, 0.2) is 134 Å². The van der Waals surface area contributed by atoms with E-state index in [4.69, 9.17) is 37.9 Å². The minimum absolute atomic E-state index is 0.142. The van der Waals surface area contributed by atoms with Gasteiger partial charge in [0.05, 0.1) is 45.7 Å². The molecule has 0 aliphatic carbocycles. The van der Waals surface area contributed by atoms with Crippen molar-refractivity contribution >= 4 is 0 Å². The summed E-state index contributed by atoms with van der Waals surface area (Å²) < 4.78 is 51.4. The monoisotopic (exact) mass is 726 g/mol. The molecule has 0 bridgehead atoms. The van der Waals surface area contributed by atoms with Crippen LogP contribution in [0.3, 0.4) is 0 Å². The van der Waals surface area contributed by atoms with Crippen LogP contribution in [0.5, 0.6) is 0 Å². The van der Waals surface area contributed by atoms with E-state index in [-0.39, 0.29) is 33.0 Å². The maximum absolute atomic E-state index is 11.4. The first-order valence-electron chi connectivity index (χ1n) is 18.1. The highest BCUT2D eigenvalue weighted by Crippen LogP contribution is 2.34. The van der Waals surface area contributed by atoms with Crippen molar-refractivity contribution < 1.29 is 48.1 Å². The van der Waals surface area contributed by atoms with Crippen LogP contribution in [0.2, 0.25) is 0 Å². The van der Waals surface area contributed by atoms with Crippen molar-refractivity contribution in [3.63, 3.8) is 0 Å². The van der Waals surface area contributed by atoms with Crippen molar-refractivity contribution in [3.8, 4) is 0 Å². The molecule has 2 aliphatic heterocycles. The SMILES string of the molecule is C=CCO[C@@H]1O[C@@H](C)[C@H](O[C@H]2O[C@H](COCc3ccccc3)[C@@H](OCc3ccccc3)[C@H](OCc3ccccc3)[C@H]2OCc2ccccc2)[C@@H](O)[C@H]1O. The molecule has 2 fully saturated rings. The summed E-state index contributed by atoms with van der Waals surface area (Å²) in [7, 11) is 0. The molecule has 4 aromatic carbocycles. The zero-order chi connectivity index (χ0) is 36.8. The summed E-state index contributed by atoms with van der Waals surface area (Å²) in [6.07, 6.45) is -7.99. The molecule has 4 aromatic rings. The van der Waals surface area contributed by atoms with Gasteiger partial charge in [-0.3, -0.25) is 0 Å². The molecule has 2 heterocycles. The normalized spacial score (nSPS) is 28.7. The van der Waals surface area contributed by atoms with Gasteiger partial charge in [-0.05, 0) is 29.2 Å². The second kappa shape index (κ2) is 20.1. The first-order chi connectivity index (χ1) is 26.0. The number of hydrogen-bond donors (Lipinski definition) is 2. The predicted molar refractivity (Wildman–Crippen MR) is 197 cm³/mol. The van der Waals surface area contributed by atoms with Crippen LogP contribution in [0.1, 0.15) is 29.2 Å². The standard InChI is InChI=1S/C43H50O10/c1-3-24-47-42-37(45)36(44)38(30(2)51-42)53-43-41(50-28-34-22-14-7-15-23-34)40(49-27-33-20-12-6-13-21-33)39(48-26-32-18-10-5-11-19-32)35(52-43)29-46-25-31-16-8-4-9-17-31/h3-23,30,35-45H,1,24-29H2,2H3/t30-,35+,36-,37+,38-,39+,40-,41+,42+,43+/m0/s1. The second-order valence-corrected chi connectivity index (χ2v) is 13.2. The van der Waals surface area contributed by atoms with E-state index in [1.54, 1.807) is 13.0 Å². The van der Waals surface area contributed by atoms with Crippen LogP contribution < -0.4 is 0 Å². The van der Waals surface area contributed by atoms with Gasteiger partial charge in [0.25, 0.3) is 0 Å². The molecule has 0 spiro atoms. The van der Waals surface area contributed by atoms with Gasteiger partial charge in [0.1, 0.15) is 42.7 Å². The highest BCUT2D eigenvalue weighted by molar-refractivity contribution is 5.16. The van der Waals surface area contributed by atoms with Crippen molar-refractivity contribution in [3.05, 3.63) is 156 Å². The van der Waals surface area contributed by atoms with Crippen molar-refractivity contribution in [1.82, 2.24) is 0 Å². The Morgan fingerprint density at radius 2 is 1.02 bits per heavy atom. The zero-order valence-electron chi connectivity index (χ0n) is 30.0. The van der Waals surface area contributed by atoms with Gasteiger partial charge in [-0.2, -0.15) is 0 Å². The number of aliphatic hydroxyl groups excluding tert-OH is 2. The molecule has 2 aliphatic rings. The second-order valence-electron chi connectivity index (χ2n) is 13.2. The Hall–Kier alpha value is -3.78. The van der Waals surface area contributed by atoms with E-state index in [1.807, 2.05) is 121 Å². The Bertz CT molecular complexity index is 1610. The Morgan fingerprint density at radius 3 is 1.53 bits per heavy atom. The summed E-state index contributed by atoms with van der Waals surface area (Å²) in [5, 5.41) is 22.4. The van der Waals surface area contributed by atoms with E-state index >= 15 is 0 Å². The van der Waals surface area contributed by atoms with Crippen LogP contribution in [-0.2, 0) is 64.3 Å². The van der Waals surface area contributed by atoms with Gasteiger partial charge >= 0.3 is 0 Å². The molecule has 0 saturated carbocycles. The highest BCUT2D eigenvalue weighted by atomic mass is 16.8. The van der Waals surface area contributed by atoms with Crippen LogP contribution >= 0.6 is 0 Å². The maximum Gasteiger partial charge on any atom is 0.187 e. The molecule has 2 saturated heterocycles. The Balaban J connectivity index is 1.32. The molecule has 6 rings (SSSR count). The molecule has 0 radical (unpaired) electrons. The first-order valence-corrected chi connectivity index (χ1v) is 18.1. The van der Waals surface area contributed by atoms with Crippen LogP contribution in [0.4, 0.5) is 0 Å². The number of benzene rings is 4. The average molecular weight is 727 g/mol. The van der Waals surface area contributed by atoms with E-state index in [0.29, 0.717) is 6.61 Å². The number of rotatable bonds is 18. The molecule has 282 valence electrons. The van der Waals surface area contributed by atoms with Gasteiger partial charge in [0.2, 0.25) is 0 Å². The Morgan fingerprint density at radius 1 is 0.547 bits per heavy atom. The molecule has 0 unspecified atom stereocenters. The summed E-state index contributed by atoms with van der Waals surface area (Å²) in [5.74, 6) is 0. The Labute approximate surface area is 311 Å². The average Bonchev–Trinajstić information content (AvgIpc) is 3.20. The lowest BCUT2D eigenvalue weighted by atomic mass is 9.96. The zero-order valence-corrected chi connectivity index (χ0v) is 30.0. The molecule has 2 N–H and O–H groups in total. The first kappa shape index (κ1) is 38.9. The smallest absolute Gasteiger partial charge is 0.187 e. The van der Waals surface area contributed by atoms with Gasteiger partial charge in [0.15, 0.2) is 12.6 Å². The number of ether oxygens (including phenoxy) is 8.